The second-order valence-corrected chi connectivity index (χ2v) is 8.46. The van der Waals surface area contributed by atoms with Crippen LogP contribution in [-0.2, 0) is 4.79 Å². The lowest BCUT2D eigenvalue weighted by Crippen LogP contribution is -2.36. The molecule has 1 atom stereocenters. The molecule has 1 aliphatic rings. The van der Waals surface area contributed by atoms with Crippen molar-refractivity contribution in [2.75, 3.05) is 5.32 Å². The Morgan fingerprint density at radius 1 is 1.07 bits per heavy atom. The van der Waals surface area contributed by atoms with Crippen LogP contribution in [0.2, 0.25) is 0 Å². The van der Waals surface area contributed by atoms with Crippen molar-refractivity contribution in [2.24, 2.45) is 0 Å². The van der Waals surface area contributed by atoms with Gasteiger partial charge in [0.2, 0.25) is 0 Å². The minimum atomic E-state index is -0.648. The Bertz CT molecular complexity index is 861. The third kappa shape index (κ3) is 6.07. The minimum absolute atomic E-state index is 0.0511. The van der Waals surface area contributed by atoms with Crippen LogP contribution in [0.5, 0.6) is 5.75 Å². The number of aryl methyl sites for hydroxylation is 1. The highest BCUT2D eigenvalue weighted by Crippen LogP contribution is 2.21. The fourth-order valence-corrected chi connectivity index (χ4v) is 3.73. The van der Waals surface area contributed by atoms with Crippen molar-refractivity contribution in [3.8, 4) is 5.75 Å². The molecule has 0 heterocycles. The van der Waals surface area contributed by atoms with Crippen molar-refractivity contribution in [3.63, 3.8) is 0 Å². The van der Waals surface area contributed by atoms with E-state index in [1.165, 1.54) is 19.3 Å². The first kappa shape index (κ1) is 21.4. The second-order valence-electron chi connectivity index (χ2n) is 7.54. The molecule has 2 N–H and O–H groups in total. The van der Waals surface area contributed by atoms with E-state index in [-0.39, 0.29) is 17.9 Å². The summed E-state index contributed by atoms with van der Waals surface area (Å²) in [5, 5.41) is 6.01. The molecule has 1 saturated carbocycles. The molecule has 1 aliphatic carbocycles. The number of carbonyl (C=O) groups is 2. The first-order valence-corrected chi connectivity index (χ1v) is 10.9. The third-order valence-corrected chi connectivity index (χ3v) is 5.71. The average Bonchev–Trinajstić information content (AvgIpc) is 2.71. The van der Waals surface area contributed by atoms with Gasteiger partial charge in [0.15, 0.2) is 6.10 Å². The SMILES string of the molecule is Cc1cc(C(=O)NC2CCCCC2)ccc1NC(=O)C(C)Oc1ccc(Br)cc1. The highest BCUT2D eigenvalue weighted by atomic mass is 79.9. The maximum atomic E-state index is 12.5. The molecule has 0 radical (unpaired) electrons. The quantitative estimate of drug-likeness (QED) is 0.622. The van der Waals surface area contributed by atoms with Crippen LogP contribution in [0.15, 0.2) is 46.9 Å². The van der Waals surface area contributed by atoms with E-state index in [1.807, 2.05) is 25.1 Å². The Morgan fingerprint density at radius 2 is 1.76 bits per heavy atom. The van der Waals surface area contributed by atoms with Crippen LogP contribution >= 0.6 is 15.9 Å². The molecule has 154 valence electrons. The summed E-state index contributed by atoms with van der Waals surface area (Å²) in [7, 11) is 0. The van der Waals surface area contributed by atoms with Gasteiger partial charge in [0.1, 0.15) is 5.75 Å². The minimum Gasteiger partial charge on any atom is -0.481 e. The van der Waals surface area contributed by atoms with Crippen LogP contribution in [0.25, 0.3) is 0 Å². The third-order valence-electron chi connectivity index (χ3n) is 5.18. The zero-order valence-corrected chi connectivity index (χ0v) is 18.4. The number of halogens is 1. The average molecular weight is 459 g/mol. The van der Waals surface area contributed by atoms with Crippen molar-refractivity contribution in [2.45, 2.75) is 58.1 Å². The number of carbonyl (C=O) groups excluding carboxylic acids is 2. The van der Waals surface area contributed by atoms with Gasteiger partial charge in [-0.1, -0.05) is 35.2 Å². The van der Waals surface area contributed by atoms with Gasteiger partial charge in [-0.05, 0) is 74.7 Å². The topological polar surface area (TPSA) is 67.4 Å². The molecule has 1 unspecified atom stereocenters. The summed E-state index contributed by atoms with van der Waals surface area (Å²) in [5.41, 5.74) is 2.13. The molecule has 2 amide bonds. The van der Waals surface area contributed by atoms with Crippen molar-refractivity contribution < 1.29 is 14.3 Å². The van der Waals surface area contributed by atoms with Crippen LogP contribution in [-0.4, -0.2) is 24.0 Å². The van der Waals surface area contributed by atoms with Crippen LogP contribution < -0.4 is 15.4 Å². The standard InChI is InChI=1S/C23H27BrN2O3/c1-15-14-17(23(28)25-19-6-4-3-5-7-19)8-13-21(15)26-22(27)16(2)29-20-11-9-18(24)10-12-20/h8-14,16,19H,3-7H2,1-2H3,(H,25,28)(H,26,27). The molecule has 0 saturated heterocycles. The smallest absolute Gasteiger partial charge is 0.265 e. The van der Waals surface area contributed by atoms with Gasteiger partial charge in [-0.25, -0.2) is 0 Å². The summed E-state index contributed by atoms with van der Waals surface area (Å²) in [6.45, 7) is 3.59. The molecule has 5 nitrogen and oxygen atoms in total. The summed E-state index contributed by atoms with van der Waals surface area (Å²) in [5.74, 6) is 0.336. The van der Waals surface area contributed by atoms with Gasteiger partial charge < -0.3 is 15.4 Å². The number of rotatable bonds is 6. The molecule has 0 bridgehead atoms. The molecule has 1 fully saturated rings. The fourth-order valence-electron chi connectivity index (χ4n) is 3.47. The number of amides is 2. The van der Waals surface area contributed by atoms with Gasteiger partial charge in [-0.2, -0.15) is 0 Å². The lowest BCUT2D eigenvalue weighted by molar-refractivity contribution is -0.122. The summed E-state index contributed by atoms with van der Waals surface area (Å²) in [4.78, 5) is 25.0. The normalized spacial score (nSPS) is 15.4. The molecule has 29 heavy (non-hydrogen) atoms. The predicted molar refractivity (Wildman–Crippen MR) is 118 cm³/mol. The predicted octanol–water partition coefficient (Wildman–Crippen LogP) is 5.23. The van der Waals surface area contributed by atoms with Gasteiger partial charge in [0.25, 0.3) is 11.8 Å². The monoisotopic (exact) mass is 458 g/mol. The summed E-state index contributed by atoms with van der Waals surface area (Å²) in [6.07, 6.45) is 5.06. The first-order chi connectivity index (χ1) is 13.9. The van der Waals surface area contributed by atoms with E-state index in [1.54, 1.807) is 31.2 Å². The van der Waals surface area contributed by atoms with Crippen molar-refractivity contribution in [3.05, 3.63) is 58.1 Å². The molecule has 3 rings (SSSR count). The lowest BCUT2D eigenvalue weighted by atomic mass is 9.95. The Morgan fingerprint density at radius 3 is 2.41 bits per heavy atom. The fraction of sp³-hybridized carbons (Fsp3) is 0.391. The van der Waals surface area contributed by atoms with Crippen LogP contribution in [0.3, 0.4) is 0 Å². The molecule has 0 aliphatic heterocycles. The van der Waals surface area contributed by atoms with Gasteiger partial charge >= 0.3 is 0 Å². The molecule has 6 heteroatoms. The molecule has 2 aromatic rings. The van der Waals surface area contributed by atoms with Crippen molar-refractivity contribution >= 4 is 33.4 Å². The van der Waals surface area contributed by atoms with Crippen molar-refractivity contribution in [1.29, 1.82) is 0 Å². The Kier molecular flexibility index (Phi) is 7.31. The zero-order chi connectivity index (χ0) is 20.8. The van der Waals surface area contributed by atoms with E-state index in [9.17, 15) is 9.59 Å². The maximum absolute atomic E-state index is 12.5. The van der Waals surface area contributed by atoms with E-state index >= 15 is 0 Å². The highest BCUT2D eigenvalue weighted by molar-refractivity contribution is 9.10. The number of nitrogens with one attached hydrogen (secondary N) is 2. The molecule has 0 spiro atoms. The largest absolute Gasteiger partial charge is 0.481 e. The second kappa shape index (κ2) is 9.92. The molecular weight excluding hydrogens is 432 g/mol. The van der Waals surface area contributed by atoms with Gasteiger partial charge in [0.05, 0.1) is 0 Å². The van der Waals surface area contributed by atoms with E-state index in [4.69, 9.17) is 4.74 Å². The lowest BCUT2D eigenvalue weighted by Gasteiger charge is -2.23. The Hall–Kier alpha value is -2.34. The van der Waals surface area contributed by atoms with Gasteiger partial charge in [-0.15, -0.1) is 0 Å². The number of benzene rings is 2. The molecule has 2 aromatic carbocycles. The summed E-state index contributed by atoms with van der Waals surface area (Å²) in [6, 6.07) is 12.9. The first-order valence-electron chi connectivity index (χ1n) is 10.1. The maximum Gasteiger partial charge on any atom is 0.265 e. The van der Waals surface area contributed by atoms with E-state index in [2.05, 4.69) is 26.6 Å². The number of hydrogen-bond donors (Lipinski definition) is 2. The zero-order valence-electron chi connectivity index (χ0n) is 16.8. The van der Waals surface area contributed by atoms with Gasteiger partial charge in [-0.3, -0.25) is 9.59 Å². The summed E-state index contributed by atoms with van der Waals surface area (Å²) < 4.78 is 6.64. The number of ether oxygens (including phenoxy) is 1. The molecule has 0 aromatic heterocycles. The Labute approximate surface area is 180 Å². The highest BCUT2D eigenvalue weighted by Gasteiger charge is 2.19. The van der Waals surface area contributed by atoms with Gasteiger partial charge in [0, 0.05) is 21.8 Å². The van der Waals surface area contributed by atoms with Crippen LogP contribution in [0.1, 0.15) is 54.9 Å². The number of hydrogen-bond acceptors (Lipinski definition) is 3. The van der Waals surface area contributed by atoms with E-state index < -0.39 is 6.10 Å². The van der Waals surface area contributed by atoms with Crippen LogP contribution in [0.4, 0.5) is 5.69 Å². The number of anilines is 1. The van der Waals surface area contributed by atoms with Crippen molar-refractivity contribution in [1.82, 2.24) is 5.32 Å². The van der Waals surface area contributed by atoms with E-state index in [0.29, 0.717) is 17.0 Å². The van der Waals surface area contributed by atoms with E-state index in [0.717, 1.165) is 22.9 Å². The van der Waals surface area contributed by atoms with Crippen LogP contribution in [0, 0.1) is 6.92 Å². The Balaban J connectivity index is 1.58. The molecular formula is C23H27BrN2O3. The summed E-state index contributed by atoms with van der Waals surface area (Å²) >= 11 is 3.37.